The molecule has 0 radical (unpaired) electrons. The second-order valence-electron chi connectivity index (χ2n) is 7.63. The number of benzene rings is 1. The number of unbranched alkanes of at least 4 members (excludes halogenated alkanes) is 1. The topological polar surface area (TPSA) is 187 Å². The van der Waals surface area contributed by atoms with Crippen molar-refractivity contribution in [3.05, 3.63) is 42.5 Å². The van der Waals surface area contributed by atoms with Gasteiger partial charge in [0.25, 0.3) is 5.69 Å². The van der Waals surface area contributed by atoms with Gasteiger partial charge >= 0.3 is 11.4 Å². The Labute approximate surface area is 187 Å². The predicted molar refractivity (Wildman–Crippen MR) is 117 cm³/mol. The van der Waals surface area contributed by atoms with Gasteiger partial charge in [0.1, 0.15) is 15.9 Å². The summed E-state index contributed by atoms with van der Waals surface area (Å²) in [6.07, 6.45) is 12.2. The molecule has 0 bridgehead atoms. The molecule has 1 heterocycles. The highest BCUT2D eigenvalue weighted by molar-refractivity contribution is 8.05. The highest BCUT2D eigenvalue weighted by atomic mass is 32.2. The number of fused-ring (bicyclic) bond motifs is 1. The molecule has 2 aliphatic rings. The highest BCUT2D eigenvalue weighted by Crippen LogP contribution is 2.44. The first kappa shape index (κ1) is 25.9. The van der Waals surface area contributed by atoms with Crippen LogP contribution in [0.3, 0.4) is 0 Å². The van der Waals surface area contributed by atoms with Gasteiger partial charge in [0.05, 0.1) is 26.9 Å². The fraction of sp³-hybridized carbons (Fsp3) is 0.667. The Balaban J connectivity index is 0.000000242. The van der Waals surface area contributed by atoms with Gasteiger partial charge in [-0.25, -0.2) is 8.42 Å². The average Bonchev–Trinajstić information content (AvgIpc) is 3.33. The molecule has 1 saturated carbocycles. The Morgan fingerprint density at radius 1 is 0.906 bits per heavy atom. The van der Waals surface area contributed by atoms with Crippen molar-refractivity contribution in [2.24, 2.45) is 0 Å². The first-order valence-electron chi connectivity index (χ1n) is 10.2. The molecule has 3 rings (SSSR count). The van der Waals surface area contributed by atoms with Gasteiger partial charge in [-0.05, 0) is 32.1 Å². The molecule has 32 heavy (non-hydrogen) atoms. The zero-order valence-electron chi connectivity index (χ0n) is 17.5. The van der Waals surface area contributed by atoms with Gasteiger partial charge in [0.2, 0.25) is 4.90 Å². The molecule has 0 amide bonds. The number of nitro benzene ring substituents is 3. The van der Waals surface area contributed by atoms with Crippen LogP contribution in [0.4, 0.5) is 17.1 Å². The SMILES string of the molecule is CCCC[S+]1C2CCCCCCC21.O=[N+]([O-])c1cc([N+](=O)[O-])c(S(=O)(=O)[O-])c([N+](=O)[O-])c1. The first-order valence-corrected chi connectivity index (χ1v) is 13.2. The summed E-state index contributed by atoms with van der Waals surface area (Å²) in [5, 5.41) is 34.0. The molecule has 1 aromatic rings. The van der Waals surface area contributed by atoms with Crippen molar-refractivity contribution in [2.45, 2.75) is 73.7 Å². The standard InChI is InChI=1S/C12H23S.C6H3N3O9S/c1-2-3-10-13-11-8-6-4-5-7-9-12(11)13;10-7(11)3-1-4(8(12)13)6(19(16,17)18)5(2-3)9(14)15/h11-12H,2-10H2,1H3;1-2H,(H,16,17,18)/q+1;/p-1. The molecule has 178 valence electrons. The maximum Gasteiger partial charge on any atom is 0.300 e. The van der Waals surface area contributed by atoms with Gasteiger partial charge in [-0.15, -0.1) is 0 Å². The van der Waals surface area contributed by atoms with Gasteiger partial charge in [-0.1, -0.05) is 26.2 Å². The van der Waals surface area contributed by atoms with Gasteiger partial charge in [-0.2, -0.15) is 0 Å². The molecule has 1 aromatic carbocycles. The molecule has 2 unspecified atom stereocenters. The summed E-state index contributed by atoms with van der Waals surface area (Å²) in [5.74, 6) is 1.58. The van der Waals surface area contributed by atoms with E-state index in [2.05, 4.69) is 6.92 Å². The summed E-state index contributed by atoms with van der Waals surface area (Å²) in [4.78, 5) is 25.8. The summed E-state index contributed by atoms with van der Waals surface area (Å²) in [7, 11) is -4.65. The van der Waals surface area contributed by atoms with E-state index in [1.807, 2.05) is 0 Å². The van der Waals surface area contributed by atoms with E-state index in [0.717, 1.165) is 10.9 Å². The molecule has 2 fully saturated rings. The van der Waals surface area contributed by atoms with Gasteiger partial charge in [0.15, 0.2) is 10.5 Å². The Kier molecular flexibility index (Phi) is 8.92. The van der Waals surface area contributed by atoms with Crippen molar-refractivity contribution in [2.75, 3.05) is 5.75 Å². The number of hydrogen-bond acceptors (Lipinski definition) is 9. The molecule has 0 spiro atoms. The van der Waals surface area contributed by atoms with Crippen molar-refractivity contribution in [3.63, 3.8) is 0 Å². The van der Waals surface area contributed by atoms with Crippen LogP contribution in [0.1, 0.15) is 58.3 Å². The van der Waals surface area contributed by atoms with E-state index in [0.29, 0.717) is 0 Å². The maximum atomic E-state index is 10.8. The normalized spacial score (nSPS) is 22.4. The van der Waals surface area contributed by atoms with Crippen LogP contribution in [0.2, 0.25) is 0 Å². The summed E-state index contributed by atoms with van der Waals surface area (Å²) < 4.78 is 32.5. The Morgan fingerprint density at radius 3 is 1.72 bits per heavy atom. The molecular weight excluding hydrogens is 466 g/mol. The second-order valence-corrected chi connectivity index (χ2v) is 11.5. The third-order valence-corrected chi connectivity index (χ3v) is 9.51. The molecule has 1 saturated heterocycles. The molecule has 1 aliphatic heterocycles. The van der Waals surface area contributed by atoms with Gasteiger partial charge in [-0.3, -0.25) is 30.3 Å². The Morgan fingerprint density at radius 2 is 1.38 bits per heavy atom. The smallest absolute Gasteiger partial charge is 0.300 e. The fourth-order valence-corrected chi connectivity index (χ4v) is 8.07. The summed E-state index contributed by atoms with van der Waals surface area (Å²) >= 11 is 0. The number of rotatable bonds is 7. The molecular formula is C18H25N3O9S2. The van der Waals surface area contributed by atoms with Crippen LogP contribution in [-0.4, -0.2) is 44.0 Å². The number of non-ortho nitro benzene ring substituents is 1. The minimum atomic E-state index is -5.55. The van der Waals surface area contributed by atoms with Crippen LogP contribution in [0.5, 0.6) is 0 Å². The molecule has 0 aromatic heterocycles. The summed E-state index contributed by atoms with van der Waals surface area (Å²) in [6.45, 7) is 2.33. The zero-order valence-corrected chi connectivity index (χ0v) is 19.1. The van der Waals surface area contributed by atoms with Crippen LogP contribution in [0, 0.1) is 30.3 Å². The van der Waals surface area contributed by atoms with Crippen molar-refractivity contribution in [3.8, 4) is 0 Å². The van der Waals surface area contributed by atoms with E-state index in [-0.39, 0.29) is 12.1 Å². The molecule has 2 atom stereocenters. The quantitative estimate of drug-likeness (QED) is 0.179. The summed E-state index contributed by atoms with van der Waals surface area (Å²) in [5.41, 5.74) is -4.11. The number of nitro groups is 3. The monoisotopic (exact) mass is 491 g/mol. The van der Waals surface area contributed by atoms with Crippen LogP contribution in [0.25, 0.3) is 0 Å². The van der Waals surface area contributed by atoms with E-state index >= 15 is 0 Å². The molecule has 1 aliphatic carbocycles. The second kappa shape index (κ2) is 11.0. The maximum absolute atomic E-state index is 10.8. The van der Waals surface area contributed by atoms with Crippen molar-refractivity contribution >= 4 is 38.1 Å². The predicted octanol–water partition coefficient (Wildman–Crippen LogP) is 3.83. The lowest BCUT2D eigenvalue weighted by Gasteiger charge is -2.07. The lowest BCUT2D eigenvalue weighted by atomic mass is 10.0. The first-order chi connectivity index (χ1) is 15.0. The van der Waals surface area contributed by atoms with Crippen LogP contribution >= 0.6 is 0 Å². The Bertz CT molecular complexity index is 935. The van der Waals surface area contributed by atoms with E-state index < -0.39 is 46.8 Å². The molecule has 0 N–H and O–H groups in total. The van der Waals surface area contributed by atoms with E-state index in [1.165, 1.54) is 49.0 Å². The minimum Gasteiger partial charge on any atom is -0.744 e. The fourth-order valence-electron chi connectivity index (χ4n) is 3.90. The van der Waals surface area contributed by atoms with Gasteiger partial charge < -0.3 is 4.55 Å². The van der Waals surface area contributed by atoms with E-state index in [4.69, 9.17) is 0 Å². The summed E-state index contributed by atoms with van der Waals surface area (Å²) in [6, 6.07) is 0.329. The average molecular weight is 492 g/mol. The highest BCUT2D eigenvalue weighted by Gasteiger charge is 2.60. The number of hydrogen-bond donors (Lipinski definition) is 0. The minimum absolute atomic E-state index is 0.164. The van der Waals surface area contributed by atoms with Gasteiger partial charge in [0, 0.05) is 10.9 Å². The third-order valence-electron chi connectivity index (χ3n) is 5.47. The molecule has 12 nitrogen and oxygen atoms in total. The van der Waals surface area contributed by atoms with E-state index in [1.54, 1.807) is 18.6 Å². The molecule has 14 heteroatoms. The van der Waals surface area contributed by atoms with Crippen LogP contribution in [-0.2, 0) is 21.0 Å². The third kappa shape index (κ3) is 6.59. The Hall–Kier alpha value is -2.32. The van der Waals surface area contributed by atoms with Crippen LogP contribution < -0.4 is 0 Å². The zero-order chi connectivity index (χ0) is 24.1. The van der Waals surface area contributed by atoms with Crippen molar-refractivity contribution in [1.82, 2.24) is 0 Å². The largest absolute Gasteiger partial charge is 0.744 e. The van der Waals surface area contributed by atoms with Crippen LogP contribution in [0.15, 0.2) is 17.0 Å². The van der Waals surface area contributed by atoms with Crippen molar-refractivity contribution < 1.29 is 27.7 Å². The lowest BCUT2D eigenvalue weighted by Crippen LogP contribution is -2.08. The van der Waals surface area contributed by atoms with Crippen molar-refractivity contribution in [1.29, 1.82) is 0 Å². The number of nitrogens with zero attached hydrogens (tertiary/aromatic N) is 3. The van der Waals surface area contributed by atoms with E-state index in [9.17, 15) is 43.3 Å². The lowest BCUT2D eigenvalue weighted by molar-refractivity contribution is -0.407.